The Labute approximate surface area is 146 Å². The fourth-order valence-electron chi connectivity index (χ4n) is 2.79. The van der Waals surface area contributed by atoms with Gasteiger partial charge in [0.15, 0.2) is 0 Å². The van der Waals surface area contributed by atoms with Crippen LogP contribution < -0.4 is 0 Å². The predicted octanol–water partition coefficient (Wildman–Crippen LogP) is 4.96. The van der Waals surface area contributed by atoms with E-state index in [2.05, 4.69) is 74.0 Å². The molecular weight excluding hydrogens is 296 g/mol. The van der Waals surface area contributed by atoms with E-state index >= 15 is 0 Å². The summed E-state index contributed by atoms with van der Waals surface area (Å²) in [6, 6.07) is 12.7. The molecule has 3 nitrogen and oxygen atoms in total. The minimum atomic E-state index is -0.0544. The van der Waals surface area contributed by atoms with Crippen molar-refractivity contribution in [2.75, 3.05) is 20.7 Å². The molecule has 0 heterocycles. The number of aliphatic imine (C=N–C) groups is 1. The summed E-state index contributed by atoms with van der Waals surface area (Å²) in [5.41, 5.74) is 7.02. The topological polar surface area (TPSA) is 24.8 Å². The standard InChI is InChI=1S/C21H28N2O/c1-7-23(5)14-22-20-13-16(3)19(12-17(20)4)21(24-6)18-11-9-8-10-15(18)2/h8-14,21H,7H2,1-6H3. The van der Waals surface area contributed by atoms with Gasteiger partial charge in [0.05, 0.1) is 12.0 Å². The molecule has 0 aromatic heterocycles. The van der Waals surface area contributed by atoms with Gasteiger partial charge < -0.3 is 9.64 Å². The number of hydrogen-bond donors (Lipinski definition) is 0. The Kier molecular flexibility index (Phi) is 6.16. The van der Waals surface area contributed by atoms with E-state index in [0.717, 1.165) is 17.8 Å². The van der Waals surface area contributed by atoms with E-state index in [1.807, 2.05) is 13.4 Å². The number of methoxy groups -OCH3 is 1. The van der Waals surface area contributed by atoms with Gasteiger partial charge in [-0.2, -0.15) is 0 Å². The van der Waals surface area contributed by atoms with Crippen LogP contribution in [0.5, 0.6) is 0 Å². The summed E-state index contributed by atoms with van der Waals surface area (Å²) in [6.07, 6.45) is 1.83. The normalized spacial score (nSPS) is 12.6. The van der Waals surface area contributed by atoms with Crippen molar-refractivity contribution in [3.63, 3.8) is 0 Å². The summed E-state index contributed by atoms with van der Waals surface area (Å²) in [5, 5.41) is 0. The monoisotopic (exact) mass is 324 g/mol. The van der Waals surface area contributed by atoms with Gasteiger partial charge >= 0.3 is 0 Å². The third-order valence-electron chi connectivity index (χ3n) is 4.47. The lowest BCUT2D eigenvalue weighted by atomic mass is 9.92. The SMILES string of the molecule is CCN(C)C=Nc1cc(C)c(C(OC)c2ccccc2C)cc1C. The molecule has 3 heteroatoms. The maximum Gasteiger partial charge on any atom is 0.108 e. The van der Waals surface area contributed by atoms with E-state index < -0.39 is 0 Å². The minimum absolute atomic E-state index is 0.0544. The maximum absolute atomic E-state index is 5.85. The molecule has 0 N–H and O–H groups in total. The first-order chi connectivity index (χ1) is 11.5. The van der Waals surface area contributed by atoms with Crippen molar-refractivity contribution in [1.29, 1.82) is 0 Å². The zero-order valence-corrected chi connectivity index (χ0v) is 15.6. The Bertz CT molecular complexity index is 722. The molecule has 0 bridgehead atoms. The smallest absolute Gasteiger partial charge is 0.108 e. The van der Waals surface area contributed by atoms with Crippen LogP contribution in [-0.2, 0) is 4.74 Å². The summed E-state index contributed by atoms with van der Waals surface area (Å²) >= 11 is 0. The molecule has 2 rings (SSSR count). The molecular formula is C21H28N2O. The van der Waals surface area contributed by atoms with Crippen molar-refractivity contribution in [3.8, 4) is 0 Å². The van der Waals surface area contributed by atoms with Gasteiger partial charge in [0.1, 0.15) is 6.10 Å². The molecule has 0 fully saturated rings. The van der Waals surface area contributed by atoms with E-state index in [-0.39, 0.29) is 6.10 Å². The Hall–Kier alpha value is -2.13. The number of ether oxygens (including phenoxy) is 1. The fourth-order valence-corrected chi connectivity index (χ4v) is 2.79. The molecule has 0 spiro atoms. The summed E-state index contributed by atoms with van der Waals surface area (Å²) in [7, 11) is 3.80. The number of nitrogens with zero attached hydrogens (tertiary/aromatic N) is 2. The Morgan fingerprint density at radius 1 is 1.04 bits per heavy atom. The summed E-state index contributed by atoms with van der Waals surface area (Å²) in [5.74, 6) is 0. The van der Waals surface area contributed by atoms with E-state index in [0.29, 0.717) is 0 Å². The van der Waals surface area contributed by atoms with Gasteiger partial charge in [0, 0.05) is 20.7 Å². The van der Waals surface area contributed by atoms with E-state index in [4.69, 9.17) is 4.74 Å². The Balaban J connectivity index is 2.42. The average molecular weight is 324 g/mol. The van der Waals surface area contributed by atoms with Crippen molar-refractivity contribution in [1.82, 2.24) is 4.90 Å². The van der Waals surface area contributed by atoms with Crippen molar-refractivity contribution >= 4 is 12.0 Å². The van der Waals surface area contributed by atoms with Gasteiger partial charge in [-0.15, -0.1) is 0 Å². The highest BCUT2D eigenvalue weighted by molar-refractivity contribution is 5.64. The zero-order chi connectivity index (χ0) is 17.7. The summed E-state index contributed by atoms with van der Waals surface area (Å²) < 4.78 is 5.85. The van der Waals surface area contributed by atoms with Gasteiger partial charge in [0.25, 0.3) is 0 Å². The van der Waals surface area contributed by atoms with Crippen molar-refractivity contribution in [3.05, 3.63) is 64.2 Å². The average Bonchev–Trinajstić information content (AvgIpc) is 2.58. The third-order valence-corrected chi connectivity index (χ3v) is 4.47. The van der Waals surface area contributed by atoms with Crippen LogP contribution >= 0.6 is 0 Å². The summed E-state index contributed by atoms with van der Waals surface area (Å²) in [4.78, 5) is 6.68. The van der Waals surface area contributed by atoms with Crippen LogP contribution in [0.3, 0.4) is 0 Å². The second-order valence-electron chi connectivity index (χ2n) is 6.29. The molecule has 2 aromatic rings. The molecule has 0 aliphatic rings. The summed E-state index contributed by atoms with van der Waals surface area (Å²) in [6.45, 7) is 9.41. The Morgan fingerprint density at radius 3 is 2.38 bits per heavy atom. The zero-order valence-electron chi connectivity index (χ0n) is 15.6. The number of rotatable bonds is 6. The van der Waals surface area contributed by atoms with Crippen molar-refractivity contribution < 1.29 is 4.74 Å². The van der Waals surface area contributed by atoms with Crippen molar-refractivity contribution in [2.45, 2.75) is 33.8 Å². The Morgan fingerprint density at radius 2 is 1.75 bits per heavy atom. The fraction of sp³-hybridized carbons (Fsp3) is 0.381. The lowest BCUT2D eigenvalue weighted by Crippen LogP contribution is -2.14. The quantitative estimate of drug-likeness (QED) is 0.554. The van der Waals surface area contributed by atoms with E-state index in [9.17, 15) is 0 Å². The van der Waals surface area contributed by atoms with Crippen LogP contribution in [0.25, 0.3) is 0 Å². The van der Waals surface area contributed by atoms with Gasteiger partial charge in [0.2, 0.25) is 0 Å². The molecule has 1 unspecified atom stereocenters. The third kappa shape index (κ3) is 4.04. The molecule has 24 heavy (non-hydrogen) atoms. The number of aryl methyl sites for hydroxylation is 3. The highest BCUT2D eigenvalue weighted by atomic mass is 16.5. The second kappa shape index (κ2) is 8.11. The first-order valence-electron chi connectivity index (χ1n) is 8.41. The minimum Gasteiger partial charge on any atom is -0.372 e. The lowest BCUT2D eigenvalue weighted by molar-refractivity contribution is 0.135. The van der Waals surface area contributed by atoms with Crippen LogP contribution in [0, 0.1) is 20.8 Å². The molecule has 0 aliphatic heterocycles. The second-order valence-corrected chi connectivity index (χ2v) is 6.29. The molecule has 0 saturated carbocycles. The number of hydrogen-bond acceptors (Lipinski definition) is 2. The van der Waals surface area contributed by atoms with Gasteiger partial charge in [-0.25, -0.2) is 4.99 Å². The first kappa shape index (κ1) is 18.2. The van der Waals surface area contributed by atoms with Crippen LogP contribution in [0.15, 0.2) is 41.4 Å². The molecule has 1 atom stereocenters. The van der Waals surface area contributed by atoms with Gasteiger partial charge in [-0.1, -0.05) is 30.3 Å². The molecule has 0 amide bonds. The molecule has 0 aliphatic carbocycles. The maximum atomic E-state index is 5.85. The first-order valence-corrected chi connectivity index (χ1v) is 8.41. The van der Waals surface area contributed by atoms with Gasteiger partial charge in [-0.05, 0) is 61.6 Å². The lowest BCUT2D eigenvalue weighted by Gasteiger charge is -2.21. The van der Waals surface area contributed by atoms with Crippen LogP contribution in [-0.4, -0.2) is 31.9 Å². The highest BCUT2D eigenvalue weighted by Crippen LogP contribution is 2.33. The molecule has 128 valence electrons. The van der Waals surface area contributed by atoms with E-state index in [1.165, 1.54) is 22.3 Å². The largest absolute Gasteiger partial charge is 0.372 e. The van der Waals surface area contributed by atoms with E-state index in [1.54, 1.807) is 7.11 Å². The molecule has 0 radical (unpaired) electrons. The highest BCUT2D eigenvalue weighted by Gasteiger charge is 2.18. The number of benzene rings is 2. The predicted molar refractivity (Wildman–Crippen MR) is 102 cm³/mol. The van der Waals surface area contributed by atoms with Crippen molar-refractivity contribution in [2.24, 2.45) is 4.99 Å². The van der Waals surface area contributed by atoms with Gasteiger partial charge in [-0.3, -0.25) is 0 Å². The molecule has 0 saturated heterocycles. The van der Waals surface area contributed by atoms with Crippen LogP contribution in [0.2, 0.25) is 0 Å². The van der Waals surface area contributed by atoms with Crippen LogP contribution in [0.1, 0.15) is 40.8 Å². The van der Waals surface area contributed by atoms with Crippen LogP contribution in [0.4, 0.5) is 5.69 Å². The molecule has 2 aromatic carbocycles.